The molecule has 1 aromatic rings. The molecule has 1 amide bonds. The first-order valence-corrected chi connectivity index (χ1v) is 9.90. The summed E-state index contributed by atoms with van der Waals surface area (Å²) >= 11 is 0. The van der Waals surface area contributed by atoms with Crippen LogP contribution in [0.25, 0.3) is 0 Å². The second-order valence-electron chi connectivity index (χ2n) is 8.50. The molecule has 2 fully saturated rings. The van der Waals surface area contributed by atoms with Crippen LogP contribution in [0.2, 0.25) is 0 Å². The lowest BCUT2D eigenvalue weighted by Gasteiger charge is -2.33. The highest BCUT2D eigenvalue weighted by molar-refractivity contribution is 5.98. The highest BCUT2D eigenvalue weighted by Gasteiger charge is 2.24. The molecule has 0 aromatic heterocycles. The first-order valence-electron chi connectivity index (χ1n) is 9.90. The predicted molar refractivity (Wildman–Crippen MR) is 107 cm³/mol. The lowest BCUT2D eigenvalue weighted by atomic mass is 9.95. The summed E-state index contributed by atoms with van der Waals surface area (Å²) in [7, 11) is 0. The van der Waals surface area contributed by atoms with E-state index in [0.29, 0.717) is 0 Å². The molecule has 2 saturated heterocycles. The summed E-state index contributed by atoms with van der Waals surface area (Å²) < 4.78 is 0. The maximum Gasteiger partial charge on any atom is 0.229 e. The zero-order chi connectivity index (χ0) is 17.9. The van der Waals surface area contributed by atoms with E-state index in [9.17, 15) is 4.79 Å². The van der Waals surface area contributed by atoms with Crippen molar-refractivity contribution < 1.29 is 4.79 Å². The fourth-order valence-corrected chi connectivity index (χ4v) is 3.69. The van der Waals surface area contributed by atoms with Gasteiger partial charge in [-0.1, -0.05) is 20.8 Å². The van der Waals surface area contributed by atoms with Crippen LogP contribution < -0.4 is 15.1 Å². The number of carbonyl (C=O) groups is 1. The van der Waals surface area contributed by atoms with Crippen molar-refractivity contribution in [1.29, 1.82) is 0 Å². The average molecular weight is 344 g/mol. The number of anilines is 3. The second kappa shape index (κ2) is 7.67. The molecule has 0 radical (unpaired) electrons. The minimum atomic E-state index is -0.389. The van der Waals surface area contributed by atoms with Gasteiger partial charge in [0.05, 0.1) is 11.4 Å². The normalized spacial score (nSPS) is 19.0. The summed E-state index contributed by atoms with van der Waals surface area (Å²) in [6.07, 6.45) is 7.64. The Bertz CT molecular complexity index is 594. The van der Waals surface area contributed by atoms with Crippen molar-refractivity contribution in [3.63, 3.8) is 0 Å². The lowest BCUT2D eigenvalue weighted by molar-refractivity contribution is -0.123. The molecule has 0 unspecified atom stereocenters. The van der Waals surface area contributed by atoms with E-state index in [2.05, 4.69) is 33.3 Å². The zero-order valence-electron chi connectivity index (χ0n) is 16.1. The van der Waals surface area contributed by atoms with Crippen LogP contribution in [0.4, 0.5) is 17.1 Å². The Labute approximate surface area is 152 Å². The molecule has 4 nitrogen and oxygen atoms in total. The van der Waals surface area contributed by atoms with Gasteiger partial charge in [-0.2, -0.15) is 0 Å². The maximum absolute atomic E-state index is 12.6. The fourth-order valence-electron chi connectivity index (χ4n) is 3.69. The fraction of sp³-hybridized carbons (Fsp3) is 0.667. The molecule has 2 aliphatic heterocycles. The van der Waals surface area contributed by atoms with Gasteiger partial charge in [-0.3, -0.25) is 4.79 Å². The number of nitrogens with one attached hydrogen (secondary N) is 1. The van der Waals surface area contributed by atoms with Gasteiger partial charge < -0.3 is 15.1 Å². The maximum atomic E-state index is 12.6. The van der Waals surface area contributed by atoms with Crippen LogP contribution >= 0.6 is 0 Å². The van der Waals surface area contributed by atoms with Gasteiger partial charge >= 0.3 is 0 Å². The summed E-state index contributed by atoms with van der Waals surface area (Å²) in [4.78, 5) is 17.5. The summed E-state index contributed by atoms with van der Waals surface area (Å²) in [5, 5.41) is 3.22. The highest BCUT2D eigenvalue weighted by Crippen LogP contribution is 2.34. The van der Waals surface area contributed by atoms with Crippen molar-refractivity contribution in [1.82, 2.24) is 0 Å². The zero-order valence-corrected chi connectivity index (χ0v) is 16.1. The molecule has 138 valence electrons. The summed E-state index contributed by atoms with van der Waals surface area (Å²) in [5.41, 5.74) is 3.01. The van der Waals surface area contributed by atoms with Gasteiger partial charge in [0, 0.05) is 37.3 Å². The van der Waals surface area contributed by atoms with Crippen molar-refractivity contribution in [3.05, 3.63) is 18.2 Å². The number of benzene rings is 1. The van der Waals surface area contributed by atoms with E-state index in [-0.39, 0.29) is 11.3 Å². The summed E-state index contributed by atoms with van der Waals surface area (Å²) in [5.74, 6) is 0.0848. The van der Waals surface area contributed by atoms with Crippen molar-refractivity contribution in [2.75, 3.05) is 41.3 Å². The van der Waals surface area contributed by atoms with E-state index in [1.807, 2.05) is 20.8 Å². The Kier molecular flexibility index (Phi) is 5.55. The number of rotatable bonds is 3. The van der Waals surface area contributed by atoms with E-state index in [0.717, 1.165) is 31.9 Å². The van der Waals surface area contributed by atoms with Gasteiger partial charge in [-0.15, -0.1) is 0 Å². The third-order valence-corrected chi connectivity index (χ3v) is 5.33. The molecule has 4 heteroatoms. The number of amides is 1. The van der Waals surface area contributed by atoms with Gasteiger partial charge in [0.1, 0.15) is 0 Å². The van der Waals surface area contributed by atoms with E-state index in [4.69, 9.17) is 0 Å². The van der Waals surface area contributed by atoms with E-state index in [1.165, 1.54) is 49.9 Å². The smallest absolute Gasteiger partial charge is 0.229 e. The SMILES string of the molecule is CC(C)(C)C(=O)Nc1cc(N2CCCCC2)ccc1N1CCCCC1. The Hall–Kier alpha value is -1.71. The first-order chi connectivity index (χ1) is 11.9. The lowest BCUT2D eigenvalue weighted by Crippen LogP contribution is -2.33. The van der Waals surface area contributed by atoms with Crippen LogP contribution in [0, 0.1) is 5.41 Å². The number of hydrogen-bond acceptors (Lipinski definition) is 3. The minimum absolute atomic E-state index is 0.0848. The summed E-state index contributed by atoms with van der Waals surface area (Å²) in [6, 6.07) is 6.65. The Morgan fingerprint density at radius 2 is 1.44 bits per heavy atom. The molecule has 0 spiro atoms. The van der Waals surface area contributed by atoms with Gasteiger partial charge in [-0.05, 0) is 56.7 Å². The third kappa shape index (κ3) is 4.47. The van der Waals surface area contributed by atoms with Crippen LogP contribution in [-0.4, -0.2) is 32.1 Å². The predicted octanol–water partition coefficient (Wildman–Crippen LogP) is 4.65. The molecule has 3 rings (SSSR count). The molecule has 0 saturated carbocycles. The molecule has 0 atom stereocenters. The van der Waals surface area contributed by atoms with E-state index in [1.54, 1.807) is 0 Å². The van der Waals surface area contributed by atoms with Crippen LogP contribution in [0.15, 0.2) is 18.2 Å². The average Bonchev–Trinajstić information content (AvgIpc) is 2.62. The molecule has 1 N–H and O–H groups in total. The largest absolute Gasteiger partial charge is 0.371 e. The number of hydrogen-bond donors (Lipinski definition) is 1. The van der Waals surface area contributed by atoms with Gasteiger partial charge in [0.25, 0.3) is 0 Å². The Morgan fingerprint density at radius 3 is 2.00 bits per heavy atom. The molecule has 2 aliphatic rings. The van der Waals surface area contributed by atoms with Crippen LogP contribution in [0.5, 0.6) is 0 Å². The highest BCUT2D eigenvalue weighted by atomic mass is 16.2. The standard InChI is InChI=1S/C21H33N3O/c1-21(2,3)20(25)22-18-16-17(23-12-6-4-7-13-23)10-11-19(18)24-14-8-5-9-15-24/h10-11,16H,4-9,12-15H2,1-3H3,(H,22,25). The van der Waals surface area contributed by atoms with Crippen molar-refractivity contribution >= 4 is 23.0 Å². The molecule has 0 bridgehead atoms. The third-order valence-electron chi connectivity index (χ3n) is 5.33. The van der Waals surface area contributed by atoms with Crippen LogP contribution in [-0.2, 0) is 4.79 Å². The Balaban J connectivity index is 1.89. The molecule has 1 aromatic carbocycles. The second-order valence-corrected chi connectivity index (χ2v) is 8.50. The minimum Gasteiger partial charge on any atom is -0.371 e. The quantitative estimate of drug-likeness (QED) is 0.867. The van der Waals surface area contributed by atoms with Crippen LogP contribution in [0.3, 0.4) is 0 Å². The van der Waals surface area contributed by atoms with Crippen molar-refractivity contribution in [2.24, 2.45) is 5.41 Å². The monoisotopic (exact) mass is 343 g/mol. The van der Waals surface area contributed by atoms with Crippen molar-refractivity contribution in [2.45, 2.75) is 59.3 Å². The van der Waals surface area contributed by atoms with Crippen molar-refractivity contribution in [3.8, 4) is 0 Å². The Morgan fingerprint density at radius 1 is 0.880 bits per heavy atom. The van der Waals surface area contributed by atoms with Crippen LogP contribution in [0.1, 0.15) is 59.3 Å². The molecular formula is C21H33N3O. The van der Waals surface area contributed by atoms with E-state index >= 15 is 0 Å². The van der Waals surface area contributed by atoms with Gasteiger partial charge in [-0.25, -0.2) is 0 Å². The molecule has 0 aliphatic carbocycles. The molecular weight excluding hydrogens is 310 g/mol. The first kappa shape index (κ1) is 18.1. The van der Waals surface area contributed by atoms with E-state index < -0.39 is 0 Å². The van der Waals surface area contributed by atoms with Gasteiger partial charge in [0.2, 0.25) is 5.91 Å². The topological polar surface area (TPSA) is 35.6 Å². The number of piperidine rings is 2. The number of carbonyl (C=O) groups excluding carboxylic acids is 1. The van der Waals surface area contributed by atoms with Gasteiger partial charge in [0.15, 0.2) is 0 Å². The number of nitrogens with zero attached hydrogens (tertiary/aromatic N) is 2. The molecule has 2 heterocycles. The summed E-state index contributed by atoms with van der Waals surface area (Å²) in [6.45, 7) is 10.3. The molecule has 25 heavy (non-hydrogen) atoms.